The van der Waals surface area contributed by atoms with Crippen LogP contribution in [0.25, 0.3) is 11.1 Å². The van der Waals surface area contributed by atoms with Crippen LogP contribution in [-0.2, 0) is 0 Å². The Morgan fingerprint density at radius 1 is 1.00 bits per heavy atom. The highest BCUT2D eigenvalue weighted by atomic mass is 16.6. The van der Waals surface area contributed by atoms with Crippen LogP contribution in [0.15, 0.2) is 52.9 Å². The first-order chi connectivity index (χ1) is 13.3. The molecule has 3 aromatic rings. The quantitative estimate of drug-likeness (QED) is 0.570. The van der Waals surface area contributed by atoms with Gasteiger partial charge in [0.1, 0.15) is 23.6 Å². The van der Waals surface area contributed by atoms with Gasteiger partial charge in [0.05, 0.1) is 0 Å². The Morgan fingerprint density at radius 2 is 1.74 bits per heavy atom. The molecule has 0 saturated heterocycles. The third-order valence-electron chi connectivity index (χ3n) is 5.21. The number of benzene rings is 2. The minimum atomic E-state index is 0.249. The molecule has 1 aliphatic rings. The fourth-order valence-electron chi connectivity index (χ4n) is 3.61. The van der Waals surface area contributed by atoms with Crippen molar-refractivity contribution < 1.29 is 13.9 Å². The first-order valence-electron chi connectivity index (χ1n) is 9.74. The summed E-state index contributed by atoms with van der Waals surface area (Å²) >= 11 is 0. The Bertz CT molecular complexity index is 820. The Hall–Kier alpha value is -2.53. The largest absolute Gasteiger partial charge is 0.492 e. The monoisotopic (exact) mass is 366 g/mol. The summed E-state index contributed by atoms with van der Waals surface area (Å²) in [5.74, 6) is 1.52. The van der Waals surface area contributed by atoms with E-state index in [-0.39, 0.29) is 6.08 Å². The number of rotatable bonds is 7. The standard InChI is InChI=1S/C22H26N2O3/c1-24(17-7-3-2-4-8-17)15-16-25-18-11-13-19(14-12-18)26-22-23-20-9-5-6-10-21(20)27-22/h5-6,9-14,17H,2-4,7-8,15-16H2,1H3. The van der Waals surface area contributed by atoms with E-state index in [1.54, 1.807) is 0 Å². The number of aromatic nitrogens is 1. The van der Waals surface area contributed by atoms with Gasteiger partial charge < -0.3 is 18.8 Å². The Balaban J connectivity index is 1.27. The second-order valence-corrected chi connectivity index (χ2v) is 7.14. The second-order valence-electron chi connectivity index (χ2n) is 7.14. The van der Waals surface area contributed by atoms with Crippen molar-refractivity contribution >= 4 is 11.1 Å². The molecule has 0 aliphatic heterocycles. The minimum Gasteiger partial charge on any atom is -0.492 e. The van der Waals surface area contributed by atoms with Crippen LogP contribution in [0.3, 0.4) is 0 Å². The third-order valence-corrected chi connectivity index (χ3v) is 5.21. The lowest BCUT2D eigenvalue weighted by Crippen LogP contribution is -2.36. The van der Waals surface area contributed by atoms with Gasteiger partial charge in [0.25, 0.3) is 0 Å². The molecule has 1 fully saturated rings. The van der Waals surface area contributed by atoms with Crippen molar-refractivity contribution in [3.8, 4) is 17.6 Å². The lowest BCUT2D eigenvalue weighted by atomic mass is 9.94. The minimum absolute atomic E-state index is 0.249. The molecular formula is C22H26N2O3. The van der Waals surface area contributed by atoms with Crippen LogP contribution in [-0.4, -0.2) is 36.1 Å². The molecule has 1 aliphatic carbocycles. The molecule has 1 aromatic heterocycles. The average molecular weight is 366 g/mol. The van der Waals surface area contributed by atoms with Crippen LogP contribution in [0.5, 0.6) is 17.6 Å². The van der Waals surface area contributed by atoms with Crippen LogP contribution in [0.1, 0.15) is 32.1 Å². The smallest absolute Gasteiger partial charge is 0.400 e. The molecule has 0 unspecified atom stereocenters. The zero-order valence-electron chi connectivity index (χ0n) is 15.8. The molecule has 0 amide bonds. The van der Waals surface area contributed by atoms with Crippen molar-refractivity contribution in [1.82, 2.24) is 9.88 Å². The van der Waals surface area contributed by atoms with E-state index in [1.165, 1.54) is 32.1 Å². The molecule has 0 radical (unpaired) electrons. The summed E-state index contributed by atoms with van der Waals surface area (Å²) in [5, 5.41) is 0. The van der Waals surface area contributed by atoms with Gasteiger partial charge in [0, 0.05) is 12.6 Å². The van der Waals surface area contributed by atoms with E-state index in [1.807, 2.05) is 48.5 Å². The first kappa shape index (κ1) is 17.9. The molecule has 0 atom stereocenters. The van der Waals surface area contributed by atoms with E-state index in [0.717, 1.165) is 29.4 Å². The van der Waals surface area contributed by atoms with Crippen LogP contribution in [0.2, 0.25) is 0 Å². The molecule has 5 nitrogen and oxygen atoms in total. The molecule has 27 heavy (non-hydrogen) atoms. The van der Waals surface area contributed by atoms with E-state index in [2.05, 4.69) is 16.9 Å². The summed E-state index contributed by atoms with van der Waals surface area (Å²) in [7, 11) is 2.20. The molecule has 0 spiro atoms. The lowest BCUT2D eigenvalue weighted by Gasteiger charge is -2.31. The summed E-state index contributed by atoms with van der Waals surface area (Å²) in [4.78, 5) is 6.75. The van der Waals surface area contributed by atoms with Crippen molar-refractivity contribution in [3.05, 3.63) is 48.5 Å². The van der Waals surface area contributed by atoms with Gasteiger partial charge in [0.2, 0.25) is 0 Å². The van der Waals surface area contributed by atoms with Crippen LogP contribution >= 0.6 is 0 Å². The second kappa shape index (κ2) is 8.44. The van der Waals surface area contributed by atoms with E-state index in [9.17, 15) is 0 Å². The van der Waals surface area contributed by atoms with E-state index in [0.29, 0.717) is 12.4 Å². The molecule has 5 heteroatoms. The highest BCUT2D eigenvalue weighted by molar-refractivity contribution is 5.72. The number of hydrogen-bond acceptors (Lipinski definition) is 5. The predicted molar refractivity (Wildman–Crippen MR) is 106 cm³/mol. The summed E-state index contributed by atoms with van der Waals surface area (Å²) in [6.45, 7) is 1.64. The van der Waals surface area contributed by atoms with Crippen molar-refractivity contribution in [1.29, 1.82) is 0 Å². The van der Waals surface area contributed by atoms with Crippen LogP contribution < -0.4 is 9.47 Å². The SMILES string of the molecule is CN(CCOc1ccc(Oc2nc3ccccc3o2)cc1)C1CCCCC1. The maximum atomic E-state index is 5.88. The van der Waals surface area contributed by atoms with Gasteiger partial charge in [-0.25, -0.2) is 0 Å². The van der Waals surface area contributed by atoms with Gasteiger partial charge >= 0.3 is 6.08 Å². The van der Waals surface area contributed by atoms with Crippen molar-refractivity contribution in [3.63, 3.8) is 0 Å². The zero-order chi connectivity index (χ0) is 18.5. The normalized spacial score (nSPS) is 15.3. The maximum Gasteiger partial charge on any atom is 0.400 e. The van der Waals surface area contributed by atoms with Crippen molar-refractivity contribution in [2.75, 3.05) is 20.2 Å². The predicted octanol–water partition coefficient (Wildman–Crippen LogP) is 5.26. The number of likely N-dealkylation sites (N-methyl/N-ethyl adjacent to an activating group) is 1. The number of nitrogens with zero attached hydrogens (tertiary/aromatic N) is 2. The number of para-hydroxylation sites is 2. The Kier molecular flexibility index (Phi) is 5.58. The molecular weight excluding hydrogens is 340 g/mol. The number of ether oxygens (including phenoxy) is 2. The average Bonchev–Trinajstić information content (AvgIpc) is 3.12. The van der Waals surface area contributed by atoms with Gasteiger partial charge in [-0.3, -0.25) is 0 Å². The highest BCUT2D eigenvalue weighted by Crippen LogP contribution is 2.26. The third kappa shape index (κ3) is 4.61. The fraction of sp³-hybridized carbons (Fsp3) is 0.409. The topological polar surface area (TPSA) is 47.7 Å². The molecule has 142 valence electrons. The summed E-state index contributed by atoms with van der Waals surface area (Å²) in [5.41, 5.74) is 1.50. The summed E-state index contributed by atoms with van der Waals surface area (Å²) in [6.07, 6.45) is 6.99. The van der Waals surface area contributed by atoms with Crippen LogP contribution in [0.4, 0.5) is 0 Å². The molecule has 1 heterocycles. The van der Waals surface area contributed by atoms with E-state index < -0.39 is 0 Å². The number of hydrogen-bond donors (Lipinski definition) is 0. The first-order valence-corrected chi connectivity index (χ1v) is 9.74. The van der Waals surface area contributed by atoms with Gasteiger partial charge in [-0.15, -0.1) is 0 Å². The maximum absolute atomic E-state index is 5.88. The Labute approximate surface area is 159 Å². The Morgan fingerprint density at radius 3 is 2.52 bits per heavy atom. The van der Waals surface area contributed by atoms with Crippen LogP contribution in [0, 0.1) is 0 Å². The molecule has 2 aromatic carbocycles. The molecule has 0 bridgehead atoms. The summed E-state index contributed by atoms with van der Waals surface area (Å²) in [6, 6.07) is 15.9. The number of oxazole rings is 1. The highest BCUT2D eigenvalue weighted by Gasteiger charge is 2.17. The van der Waals surface area contributed by atoms with Crippen molar-refractivity contribution in [2.24, 2.45) is 0 Å². The van der Waals surface area contributed by atoms with E-state index in [4.69, 9.17) is 13.9 Å². The molecule has 0 N–H and O–H groups in total. The lowest BCUT2D eigenvalue weighted by molar-refractivity contribution is 0.160. The summed E-state index contributed by atoms with van der Waals surface area (Å²) < 4.78 is 17.2. The number of fused-ring (bicyclic) bond motifs is 1. The van der Waals surface area contributed by atoms with Gasteiger partial charge in [0.15, 0.2) is 5.58 Å². The van der Waals surface area contributed by atoms with Gasteiger partial charge in [-0.1, -0.05) is 31.4 Å². The van der Waals surface area contributed by atoms with Gasteiger partial charge in [-0.2, -0.15) is 4.98 Å². The fourth-order valence-corrected chi connectivity index (χ4v) is 3.61. The molecule has 4 rings (SSSR count). The molecule has 1 saturated carbocycles. The zero-order valence-corrected chi connectivity index (χ0v) is 15.8. The van der Waals surface area contributed by atoms with Crippen molar-refractivity contribution in [2.45, 2.75) is 38.1 Å². The van der Waals surface area contributed by atoms with E-state index >= 15 is 0 Å². The van der Waals surface area contributed by atoms with Gasteiger partial charge in [-0.05, 0) is 56.3 Å².